The van der Waals surface area contributed by atoms with Crippen LogP contribution in [0.5, 0.6) is 0 Å². The van der Waals surface area contributed by atoms with Gasteiger partial charge in [0.1, 0.15) is 0 Å². The zero-order valence-corrected chi connectivity index (χ0v) is 11.8. The number of benzene rings is 1. The number of ketones is 1. The van der Waals surface area contributed by atoms with E-state index < -0.39 is 0 Å². The van der Waals surface area contributed by atoms with Crippen LogP contribution in [0.1, 0.15) is 44.8 Å². The number of ether oxygens (including phenoxy) is 1. The highest BCUT2D eigenvalue weighted by atomic mass is 16.5. The summed E-state index contributed by atoms with van der Waals surface area (Å²) in [5.41, 5.74) is 1.28. The highest BCUT2D eigenvalue weighted by molar-refractivity contribution is 5.90. The smallest absolute Gasteiger partial charge is 0.155 e. The zero-order valence-electron chi connectivity index (χ0n) is 11.8. The lowest BCUT2D eigenvalue weighted by Crippen LogP contribution is -2.23. The van der Waals surface area contributed by atoms with E-state index in [0.717, 1.165) is 12.8 Å². The van der Waals surface area contributed by atoms with Crippen LogP contribution < -0.4 is 0 Å². The minimum atomic E-state index is 0.0591. The number of hydrogen-bond donors (Lipinski definition) is 0. The van der Waals surface area contributed by atoms with Crippen molar-refractivity contribution in [1.29, 1.82) is 0 Å². The first kappa shape index (κ1) is 14.0. The van der Waals surface area contributed by atoms with Crippen LogP contribution in [0.2, 0.25) is 0 Å². The van der Waals surface area contributed by atoms with Crippen molar-refractivity contribution in [3.05, 3.63) is 48.0 Å². The molecule has 2 atom stereocenters. The Morgan fingerprint density at radius 1 is 1.32 bits per heavy atom. The average molecular weight is 258 g/mol. The van der Waals surface area contributed by atoms with Crippen LogP contribution in [0.3, 0.4) is 0 Å². The van der Waals surface area contributed by atoms with Gasteiger partial charge in [0.15, 0.2) is 5.78 Å². The van der Waals surface area contributed by atoms with Gasteiger partial charge in [-0.25, -0.2) is 0 Å². The van der Waals surface area contributed by atoms with Gasteiger partial charge in [0, 0.05) is 13.0 Å². The summed E-state index contributed by atoms with van der Waals surface area (Å²) in [5, 5.41) is 0. The molecule has 0 spiro atoms. The SMILES string of the molecule is CCO[C@H](CC1(C)C=CC(=O)CC1)c1ccccc1. The minimum Gasteiger partial charge on any atom is -0.374 e. The van der Waals surface area contributed by atoms with Gasteiger partial charge in [-0.2, -0.15) is 0 Å². The third-order valence-corrected chi connectivity index (χ3v) is 3.81. The number of carbonyl (C=O) groups excluding carboxylic acids is 1. The largest absolute Gasteiger partial charge is 0.374 e. The molecule has 0 aliphatic heterocycles. The summed E-state index contributed by atoms with van der Waals surface area (Å²) >= 11 is 0. The first-order valence-electron chi connectivity index (χ1n) is 7.01. The van der Waals surface area contributed by atoms with E-state index in [1.165, 1.54) is 5.56 Å². The topological polar surface area (TPSA) is 26.3 Å². The molecule has 1 unspecified atom stereocenters. The number of allylic oxidation sites excluding steroid dienone is 2. The molecule has 0 fully saturated rings. The summed E-state index contributed by atoms with van der Waals surface area (Å²) in [5.74, 6) is 0.241. The van der Waals surface area contributed by atoms with E-state index in [4.69, 9.17) is 4.74 Å². The van der Waals surface area contributed by atoms with E-state index >= 15 is 0 Å². The first-order chi connectivity index (χ1) is 9.13. The lowest BCUT2D eigenvalue weighted by Gasteiger charge is -2.32. The Bertz CT molecular complexity index is 450. The van der Waals surface area contributed by atoms with E-state index in [1.807, 2.05) is 25.1 Å². The maximum Gasteiger partial charge on any atom is 0.155 e. The molecule has 0 radical (unpaired) electrons. The summed E-state index contributed by atoms with van der Waals surface area (Å²) in [7, 11) is 0. The van der Waals surface area contributed by atoms with Crippen LogP contribution in [-0.4, -0.2) is 12.4 Å². The second-order valence-corrected chi connectivity index (χ2v) is 5.51. The quantitative estimate of drug-likeness (QED) is 0.795. The van der Waals surface area contributed by atoms with E-state index in [2.05, 4.69) is 25.1 Å². The predicted octanol–water partition coefficient (Wildman–Crippen LogP) is 4.08. The molecule has 0 amide bonds. The fraction of sp³-hybridized carbons (Fsp3) is 0.471. The van der Waals surface area contributed by atoms with Gasteiger partial charge >= 0.3 is 0 Å². The van der Waals surface area contributed by atoms with Crippen LogP contribution in [0.15, 0.2) is 42.5 Å². The lowest BCUT2D eigenvalue weighted by atomic mass is 9.75. The van der Waals surface area contributed by atoms with Crippen LogP contribution in [0.25, 0.3) is 0 Å². The van der Waals surface area contributed by atoms with Crippen molar-refractivity contribution in [3.8, 4) is 0 Å². The fourth-order valence-corrected chi connectivity index (χ4v) is 2.61. The summed E-state index contributed by atoms with van der Waals surface area (Å²) in [4.78, 5) is 11.3. The van der Waals surface area contributed by atoms with Gasteiger partial charge in [0.2, 0.25) is 0 Å². The molecule has 19 heavy (non-hydrogen) atoms. The molecular formula is C17H22O2. The van der Waals surface area contributed by atoms with Crippen molar-refractivity contribution in [2.24, 2.45) is 5.41 Å². The van der Waals surface area contributed by atoms with E-state index in [1.54, 1.807) is 6.08 Å². The molecule has 0 saturated heterocycles. The molecule has 1 aromatic carbocycles. The molecule has 0 heterocycles. The monoisotopic (exact) mass is 258 g/mol. The van der Waals surface area contributed by atoms with Gasteiger partial charge in [-0.15, -0.1) is 0 Å². The van der Waals surface area contributed by atoms with Crippen molar-refractivity contribution >= 4 is 5.78 Å². The average Bonchev–Trinajstić information content (AvgIpc) is 2.43. The Morgan fingerprint density at radius 3 is 2.63 bits per heavy atom. The maximum absolute atomic E-state index is 11.3. The molecule has 2 rings (SSSR count). The van der Waals surface area contributed by atoms with Crippen molar-refractivity contribution in [3.63, 3.8) is 0 Å². The molecule has 102 valence electrons. The summed E-state index contributed by atoms with van der Waals surface area (Å²) < 4.78 is 5.90. The summed E-state index contributed by atoms with van der Waals surface area (Å²) in [6.07, 6.45) is 6.40. The van der Waals surface area contributed by atoms with Crippen LogP contribution in [0.4, 0.5) is 0 Å². The summed E-state index contributed by atoms with van der Waals surface area (Å²) in [6.45, 7) is 4.95. The third-order valence-electron chi connectivity index (χ3n) is 3.81. The third kappa shape index (κ3) is 3.77. The van der Waals surface area contributed by atoms with Crippen LogP contribution in [-0.2, 0) is 9.53 Å². The number of hydrogen-bond acceptors (Lipinski definition) is 2. The fourth-order valence-electron chi connectivity index (χ4n) is 2.61. The minimum absolute atomic E-state index is 0.0591. The summed E-state index contributed by atoms with van der Waals surface area (Å²) in [6, 6.07) is 10.3. The normalized spacial score (nSPS) is 24.4. The van der Waals surface area contributed by atoms with E-state index in [9.17, 15) is 4.79 Å². The van der Waals surface area contributed by atoms with Gasteiger partial charge in [0.25, 0.3) is 0 Å². The second kappa shape index (κ2) is 6.16. The van der Waals surface area contributed by atoms with Gasteiger partial charge in [-0.3, -0.25) is 4.79 Å². The van der Waals surface area contributed by atoms with Crippen molar-refractivity contribution < 1.29 is 9.53 Å². The van der Waals surface area contributed by atoms with Gasteiger partial charge < -0.3 is 4.74 Å². The first-order valence-corrected chi connectivity index (χ1v) is 7.01. The molecule has 1 aliphatic carbocycles. The Labute approximate surface area is 115 Å². The van der Waals surface area contributed by atoms with E-state index in [0.29, 0.717) is 13.0 Å². The number of carbonyl (C=O) groups is 1. The molecule has 2 heteroatoms. The van der Waals surface area contributed by atoms with Crippen LogP contribution in [0, 0.1) is 5.41 Å². The Kier molecular flexibility index (Phi) is 4.54. The zero-order chi connectivity index (χ0) is 13.7. The predicted molar refractivity (Wildman–Crippen MR) is 76.9 cm³/mol. The molecule has 0 saturated carbocycles. The Morgan fingerprint density at radius 2 is 2.05 bits per heavy atom. The highest BCUT2D eigenvalue weighted by Crippen LogP contribution is 2.39. The van der Waals surface area contributed by atoms with Gasteiger partial charge in [-0.1, -0.05) is 43.3 Å². The van der Waals surface area contributed by atoms with Crippen LogP contribution >= 0.6 is 0 Å². The molecule has 1 aliphatic rings. The van der Waals surface area contributed by atoms with Crippen molar-refractivity contribution in [1.82, 2.24) is 0 Å². The Balaban J connectivity index is 2.13. The molecule has 0 aromatic heterocycles. The van der Waals surface area contributed by atoms with Gasteiger partial charge in [0.05, 0.1) is 6.10 Å². The standard InChI is InChI=1S/C17H22O2/c1-3-19-16(14-7-5-4-6-8-14)13-17(2)11-9-15(18)10-12-17/h4-9,11,16H,3,10,12-13H2,1-2H3/t16-,17?/m1/s1. The molecular weight excluding hydrogens is 236 g/mol. The van der Waals surface area contributed by atoms with Crippen molar-refractivity contribution in [2.45, 2.75) is 39.2 Å². The maximum atomic E-state index is 11.3. The van der Waals surface area contributed by atoms with Gasteiger partial charge in [-0.05, 0) is 36.8 Å². The molecule has 0 N–H and O–H groups in total. The molecule has 1 aromatic rings. The molecule has 2 nitrogen and oxygen atoms in total. The number of rotatable bonds is 5. The second-order valence-electron chi connectivity index (χ2n) is 5.51. The molecule has 0 bridgehead atoms. The van der Waals surface area contributed by atoms with E-state index in [-0.39, 0.29) is 17.3 Å². The lowest BCUT2D eigenvalue weighted by molar-refractivity contribution is -0.115. The van der Waals surface area contributed by atoms with Crippen molar-refractivity contribution in [2.75, 3.05) is 6.61 Å². The highest BCUT2D eigenvalue weighted by Gasteiger charge is 2.29. The Hall–Kier alpha value is -1.41.